The van der Waals surface area contributed by atoms with Crippen LogP contribution in [0.3, 0.4) is 0 Å². The lowest BCUT2D eigenvalue weighted by Gasteiger charge is -2.28. The molecule has 136 valence electrons. The molecule has 0 saturated carbocycles. The zero-order chi connectivity index (χ0) is 18.2. The molecule has 5 rings (SSSR count). The number of hydrogen-bond donors (Lipinski definition) is 1. The van der Waals surface area contributed by atoms with E-state index in [1.165, 1.54) is 5.56 Å². The molecular formula is C22H22N4O. The molecule has 5 nitrogen and oxygen atoms in total. The first kappa shape index (κ1) is 16.3. The summed E-state index contributed by atoms with van der Waals surface area (Å²) in [6, 6.07) is 18.4. The van der Waals surface area contributed by atoms with Gasteiger partial charge in [0.25, 0.3) is 5.91 Å². The first-order chi connectivity index (χ1) is 13.3. The van der Waals surface area contributed by atoms with Gasteiger partial charge in [0.1, 0.15) is 0 Å². The Balaban J connectivity index is 1.44. The van der Waals surface area contributed by atoms with E-state index in [2.05, 4.69) is 39.5 Å². The van der Waals surface area contributed by atoms with Crippen LogP contribution in [0.5, 0.6) is 0 Å². The Morgan fingerprint density at radius 1 is 1.04 bits per heavy atom. The molecule has 0 aliphatic carbocycles. The quantitative estimate of drug-likeness (QED) is 0.783. The number of benzene rings is 2. The summed E-state index contributed by atoms with van der Waals surface area (Å²) in [5.74, 6) is 1.14. The van der Waals surface area contributed by atoms with E-state index in [0.717, 1.165) is 30.9 Å². The fourth-order valence-corrected chi connectivity index (χ4v) is 4.56. The molecule has 0 bridgehead atoms. The van der Waals surface area contributed by atoms with E-state index in [1.807, 2.05) is 41.1 Å². The van der Waals surface area contributed by atoms with E-state index in [4.69, 9.17) is 0 Å². The third-order valence-corrected chi connectivity index (χ3v) is 5.88. The summed E-state index contributed by atoms with van der Waals surface area (Å²) in [6.45, 7) is 2.80. The molecule has 5 heteroatoms. The first-order valence-corrected chi connectivity index (χ1v) is 9.46. The van der Waals surface area contributed by atoms with Crippen LogP contribution in [-0.4, -0.2) is 40.0 Å². The number of carbonyl (C=O) groups is 1. The van der Waals surface area contributed by atoms with Gasteiger partial charge in [-0.15, -0.1) is 0 Å². The molecule has 3 aromatic rings. The summed E-state index contributed by atoms with van der Waals surface area (Å²) >= 11 is 0. The maximum atomic E-state index is 13.3. The Kier molecular flexibility index (Phi) is 4.02. The van der Waals surface area contributed by atoms with Gasteiger partial charge in [-0.3, -0.25) is 4.79 Å². The number of nitrogens with zero attached hydrogens (tertiary/aromatic N) is 3. The van der Waals surface area contributed by atoms with Gasteiger partial charge < -0.3 is 14.8 Å². The second-order valence-electron chi connectivity index (χ2n) is 7.41. The Labute approximate surface area is 158 Å². The molecule has 3 atom stereocenters. The molecular weight excluding hydrogens is 336 g/mol. The highest BCUT2D eigenvalue weighted by atomic mass is 16.2. The summed E-state index contributed by atoms with van der Waals surface area (Å²) in [4.78, 5) is 19.5. The van der Waals surface area contributed by atoms with E-state index < -0.39 is 0 Å². The average molecular weight is 358 g/mol. The molecule has 2 aliphatic heterocycles. The van der Waals surface area contributed by atoms with Crippen molar-refractivity contribution in [3.05, 3.63) is 84.4 Å². The number of aromatic nitrogens is 2. The van der Waals surface area contributed by atoms with Crippen LogP contribution < -0.4 is 5.32 Å². The normalized spacial score (nSPS) is 24.1. The molecule has 0 unspecified atom stereocenters. The second kappa shape index (κ2) is 6.67. The van der Waals surface area contributed by atoms with E-state index in [0.29, 0.717) is 11.8 Å². The largest absolute Gasteiger partial charge is 0.331 e. The van der Waals surface area contributed by atoms with Crippen LogP contribution in [0.2, 0.25) is 0 Å². The van der Waals surface area contributed by atoms with Gasteiger partial charge in [0.2, 0.25) is 0 Å². The maximum Gasteiger partial charge on any atom is 0.254 e. The number of hydrogen-bond acceptors (Lipinski definition) is 3. The SMILES string of the molecule is O=C(c1ccc(-n2ccnc2)cc1)N1C[C@@H]2CNC[C@@H]2[C@@H]1c1ccccc1. The van der Waals surface area contributed by atoms with E-state index in [9.17, 15) is 4.79 Å². The first-order valence-electron chi connectivity index (χ1n) is 9.46. The summed E-state index contributed by atoms with van der Waals surface area (Å²) in [6.07, 6.45) is 5.41. The van der Waals surface area contributed by atoms with Crippen molar-refractivity contribution in [1.82, 2.24) is 19.8 Å². The van der Waals surface area contributed by atoms with Gasteiger partial charge in [-0.05, 0) is 35.7 Å². The summed E-state index contributed by atoms with van der Waals surface area (Å²) < 4.78 is 1.94. The predicted molar refractivity (Wildman–Crippen MR) is 104 cm³/mol. The van der Waals surface area contributed by atoms with E-state index in [-0.39, 0.29) is 11.9 Å². The molecule has 1 aromatic heterocycles. The van der Waals surface area contributed by atoms with Crippen molar-refractivity contribution in [2.75, 3.05) is 19.6 Å². The number of fused-ring (bicyclic) bond motifs is 1. The van der Waals surface area contributed by atoms with E-state index in [1.54, 1.807) is 12.5 Å². The van der Waals surface area contributed by atoms with Crippen molar-refractivity contribution in [2.24, 2.45) is 11.8 Å². The minimum Gasteiger partial charge on any atom is -0.331 e. The second-order valence-corrected chi connectivity index (χ2v) is 7.41. The monoisotopic (exact) mass is 358 g/mol. The van der Waals surface area contributed by atoms with Gasteiger partial charge in [-0.2, -0.15) is 0 Å². The van der Waals surface area contributed by atoms with Gasteiger partial charge in [0.15, 0.2) is 0 Å². The Morgan fingerprint density at radius 3 is 2.59 bits per heavy atom. The lowest BCUT2D eigenvalue weighted by molar-refractivity contribution is 0.0714. The average Bonchev–Trinajstić information content (AvgIpc) is 3.45. The van der Waals surface area contributed by atoms with Crippen molar-refractivity contribution in [1.29, 1.82) is 0 Å². The number of likely N-dealkylation sites (tertiary alicyclic amines) is 1. The predicted octanol–water partition coefficient (Wildman–Crippen LogP) is 2.91. The number of amides is 1. The lowest BCUT2D eigenvalue weighted by atomic mass is 9.89. The van der Waals surface area contributed by atoms with Gasteiger partial charge in [-0.25, -0.2) is 4.98 Å². The van der Waals surface area contributed by atoms with Crippen molar-refractivity contribution >= 4 is 5.91 Å². The summed E-state index contributed by atoms with van der Waals surface area (Å²) in [5, 5.41) is 3.50. The van der Waals surface area contributed by atoms with Crippen molar-refractivity contribution in [3.63, 3.8) is 0 Å². The smallest absolute Gasteiger partial charge is 0.254 e. The van der Waals surface area contributed by atoms with Crippen molar-refractivity contribution in [2.45, 2.75) is 6.04 Å². The standard InChI is InChI=1S/C22H22N4O/c27-22(17-6-8-19(9-7-17)25-11-10-23-15-25)26-14-18-12-24-13-20(18)21(26)16-4-2-1-3-5-16/h1-11,15,18,20-21,24H,12-14H2/t18-,20-,21-/m0/s1. The molecule has 2 saturated heterocycles. The van der Waals surface area contributed by atoms with Crippen molar-refractivity contribution < 1.29 is 4.79 Å². The lowest BCUT2D eigenvalue weighted by Crippen LogP contribution is -2.34. The molecule has 0 radical (unpaired) electrons. The van der Waals surface area contributed by atoms with Gasteiger partial charge in [0, 0.05) is 49.2 Å². The fraction of sp³-hybridized carbons (Fsp3) is 0.273. The van der Waals surface area contributed by atoms with Crippen LogP contribution in [0, 0.1) is 11.8 Å². The molecule has 3 heterocycles. The molecule has 2 fully saturated rings. The topological polar surface area (TPSA) is 50.2 Å². The fourth-order valence-electron chi connectivity index (χ4n) is 4.56. The molecule has 27 heavy (non-hydrogen) atoms. The Hall–Kier alpha value is -2.92. The molecule has 0 spiro atoms. The third kappa shape index (κ3) is 2.84. The molecule has 1 N–H and O–H groups in total. The highest BCUT2D eigenvalue weighted by Gasteiger charge is 2.46. The zero-order valence-corrected chi connectivity index (χ0v) is 15.0. The number of imidazole rings is 1. The van der Waals surface area contributed by atoms with Crippen LogP contribution in [0.25, 0.3) is 5.69 Å². The van der Waals surface area contributed by atoms with E-state index >= 15 is 0 Å². The molecule has 1 amide bonds. The van der Waals surface area contributed by atoms with Crippen LogP contribution >= 0.6 is 0 Å². The highest BCUT2D eigenvalue weighted by Crippen LogP contribution is 2.43. The molecule has 2 aliphatic rings. The molecule has 2 aromatic carbocycles. The van der Waals surface area contributed by atoms with Crippen LogP contribution in [0.1, 0.15) is 22.0 Å². The minimum atomic E-state index is 0.121. The van der Waals surface area contributed by atoms with Gasteiger partial charge in [0.05, 0.1) is 12.4 Å². The van der Waals surface area contributed by atoms with Crippen LogP contribution in [-0.2, 0) is 0 Å². The van der Waals surface area contributed by atoms with Gasteiger partial charge >= 0.3 is 0 Å². The van der Waals surface area contributed by atoms with Crippen LogP contribution in [0.4, 0.5) is 0 Å². The highest BCUT2D eigenvalue weighted by molar-refractivity contribution is 5.95. The Morgan fingerprint density at radius 2 is 1.85 bits per heavy atom. The number of rotatable bonds is 3. The third-order valence-electron chi connectivity index (χ3n) is 5.88. The summed E-state index contributed by atoms with van der Waals surface area (Å²) in [5.41, 5.74) is 2.98. The van der Waals surface area contributed by atoms with Crippen LogP contribution in [0.15, 0.2) is 73.3 Å². The minimum absolute atomic E-state index is 0.121. The zero-order valence-electron chi connectivity index (χ0n) is 15.0. The summed E-state index contributed by atoms with van der Waals surface area (Å²) in [7, 11) is 0. The van der Waals surface area contributed by atoms with Crippen molar-refractivity contribution in [3.8, 4) is 5.69 Å². The maximum absolute atomic E-state index is 13.3. The number of nitrogens with one attached hydrogen (secondary N) is 1. The number of carbonyl (C=O) groups excluding carboxylic acids is 1. The van der Waals surface area contributed by atoms with Gasteiger partial charge in [-0.1, -0.05) is 30.3 Å². The Bertz CT molecular complexity index is 921.